The Morgan fingerprint density at radius 2 is 1.75 bits per heavy atom. The van der Waals surface area contributed by atoms with Crippen LogP contribution in [0.15, 0.2) is 54.6 Å². The fraction of sp³-hybridized carbons (Fsp3) is 0.333. The van der Waals surface area contributed by atoms with Crippen LogP contribution in [0.3, 0.4) is 0 Å². The van der Waals surface area contributed by atoms with Gasteiger partial charge in [-0.25, -0.2) is 13.1 Å². The number of nitrogens with zero attached hydrogens (tertiary/aromatic N) is 1. The number of aliphatic carboxylic acids is 1. The molecule has 0 unspecified atom stereocenters. The number of carboxylic acids is 1. The highest BCUT2D eigenvalue weighted by molar-refractivity contribution is 7.88. The maximum absolute atomic E-state index is 13.2. The lowest BCUT2D eigenvalue weighted by atomic mass is 10.1. The van der Waals surface area contributed by atoms with E-state index in [4.69, 9.17) is 11.1 Å². The highest BCUT2D eigenvalue weighted by Gasteiger charge is 2.39. The minimum absolute atomic E-state index is 0.0685. The van der Waals surface area contributed by atoms with E-state index in [0.29, 0.717) is 24.0 Å². The molecule has 1 aliphatic heterocycles. The first-order valence-electron chi connectivity index (χ1n) is 11.3. The average Bonchev–Trinajstić information content (AvgIpc) is 3.32. The van der Waals surface area contributed by atoms with E-state index in [9.17, 15) is 27.9 Å². The number of benzene rings is 2. The number of hydrogen-bond acceptors (Lipinski definition) is 6. The summed E-state index contributed by atoms with van der Waals surface area (Å²) < 4.78 is 27.6. The molecule has 0 saturated carbocycles. The molecular weight excluding hydrogens is 486 g/mol. The van der Waals surface area contributed by atoms with E-state index in [2.05, 4.69) is 10.0 Å². The molecule has 0 bridgehead atoms. The van der Waals surface area contributed by atoms with Gasteiger partial charge in [0.1, 0.15) is 17.9 Å². The summed E-state index contributed by atoms with van der Waals surface area (Å²) in [6.07, 6.45) is 0.144. The minimum Gasteiger partial charge on any atom is -0.481 e. The smallest absolute Gasteiger partial charge is 0.305 e. The maximum atomic E-state index is 13.2. The second kappa shape index (κ2) is 11.8. The Kier molecular flexibility index (Phi) is 8.78. The van der Waals surface area contributed by atoms with Crippen LogP contribution in [0.1, 0.15) is 36.0 Å². The number of hydrogen-bond donors (Lipinski definition) is 5. The number of nitrogens with two attached hydrogens (primary N) is 1. The molecule has 2 aromatic carbocycles. The van der Waals surface area contributed by atoms with Gasteiger partial charge in [0.05, 0.1) is 12.2 Å². The SMILES string of the molecule is N=C(N)c1ccc(CNC(=O)[C@@H]2CCCN2C(=O)[C@@H](CC(=O)O)NS(=O)(=O)Cc2ccccc2)cc1. The lowest BCUT2D eigenvalue weighted by Crippen LogP contribution is -2.54. The number of carboxylic acid groups (broad SMARTS) is 1. The number of nitrogen functional groups attached to an aromatic ring is 1. The highest BCUT2D eigenvalue weighted by Crippen LogP contribution is 2.20. The van der Waals surface area contributed by atoms with Crippen LogP contribution < -0.4 is 15.8 Å². The standard InChI is InChI=1S/C24H29N5O6S/c25-22(26)18-10-8-16(9-11-18)14-27-23(32)20-7-4-12-29(20)24(33)19(13-21(30)31)28-36(34,35)15-17-5-2-1-3-6-17/h1-3,5-6,8-11,19-20,28H,4,7,12-15H2,(H3,25,26)(H,27,32)(H,30,31)/t19-,20+/m1/s1. The van der Waals surface area contributed by atoms with Crippen molar-refractivity contribution in [3.05, 3.63) is 71.3 Å². The molecule has 1 heterocycles. The Labute approximate surface area is 209 Å². The molecule has 1 saturated heterocycles. The van der Waals surface area contributed by atoms with Crippen molar-refractivity contribution in [3.8, 4) is 0 Å². The molecule has 1 aliphatic rings. The van der Waals surface area contributed by atoms with Gasteiger partial charge in [0.15, 0.2) is 0 Å². The van der Waals surface area contributed by atoms with Crippen molar-refractivity contribution < 1.29 is 27.9 Å². The summed E-state index contributed by atoms with van der Waals surface area (Å²) in [5.74, 6) is -3.00. The first-order valence-corrected chi connectivity index (χ1v) is 13.0. The minimum atomic E-state index is -4.03. The largest absolute Gasteiger partial charge is 0.481 e. The first-order chi connectivity index (χ1) is 17.1. The molecule has 0 aromatic heterocycles. The number of carbonyl (C=O) groups is 3. The normalized spacial score (nSPS) is 16.3. The number of rotatable bonds is 11. The van der Waals surface area contributed by atoms with Crippen LogP contribution >= 0.6 is 0 Å². The van der Waals surface area contributed by atoms with Crippen LogP contribution in [-0.2, 0) is 36.7 Å². The van der Waals surface area contributed by atoms with Gasteiger partial charge < -0.3 is 21.1 Å². The molecule has 2 amide bonds. The number of likely N-dealkylation sites (tertiary alicyclic amines) is 1. The lowest BCUT2D eigenvalue weighted by Gasteiger charge is -2.28. The molecule has 0 spiro atoms. The van der Waals surface area contributed by atoms with Crippen LogP contribution in [-0.4, -0.2) is 60.7 Å². The Morgan fingerprint density at radius 1 is 1.08 bits per heavy atom. The zero-order valence-electron chi connectivity index (χ0n) is 19.5. The molecule has 192 valence electrons. The van der Waals surface area contributed by atoms with Crippen molar-refractivity contribution >= 4 is 33.6 Å². The summed E-state index contributed by atoms with van der Waals surface area (Å²) in [6, 6.07) is 12.7. The van der Waals surface area contributed by atoms with E-state index in [1.165, 1.54) is 4.90 Å². The van der Waals surface area contributed by atoms with Crippen LogP contribution in [0, 0.1) is 5.41 Å². The first kappa shape index (κ1) is 26.8. The van der Waals surface area contributed by atoms with E-state index >= 15 is 0 Å². The monoisotopic (exact) mass is 515 g/mol. The number of amides is 2. The predicted molar refractivity (Wildman–Crippen MR) is 132 cm³/mol. The van der Waals surface area contributed by atoms with E-state index in [0.717, 1.165) is 5.56 Å². The van der Waals surface area contributed by atoms with Crippen molar-refractivity contribution in [2.24, 2.45) is 5.73 Å². The molecule has 6 N–H and O–H groups in total. The molecule has 36 heavy (non-hydrogen) atoms. The van der Waals surface area contributed by atoms with E-state index in [-0.39, 0.29) is 18.9 Å². The summed E-state index contributed by atoms with van der Waals surface area (Å²) in [7, 11) is -4.03. The van der Waals surface area contributed by atoms with Crippen LogP contribution in [0.25, 0.3) is 0 Å². The third kappa shape index (κ3) is 7.36. The Bertz CT molecular complexity index is 1220. The molecule has 2 aromatic rings. The van der Waals surface area contributed by atoms with Gasteiger partial charge in [0.25, 0.3) is 0 Å². The fourth-order valence-corrected chi connectivity index (χ4v) is 5.35. The van der Waals surface area contributed by atoms with Gasteiger partial charge in [-0.1, -0.05) is 54.6 Å². The molecule has 3 rings (SSSR count). The fourth-order valence-electron chi connectivity index (χ4n) is 4.02. The van der Waals surface area contributed by atoms with Gasteiger partial charge in [-0.3, -0.25) is 19.8 Å². The number of nitrogens with one attached hydrogen (secondary N) is 3. The van der Waals surface area contributed by atoms with Gasteiger partial charge in [-0.05, 0) is 24.0 Å². The quantitative estimate of drug-likeness (QED) is 0.214. The molecule has 11 nitrogen and oxygen atoms in total. The zero-order valence-corrected chi connectivity index (χ0v) is 20.3. The van der Waals surface area contributed by atoms with Crippen molar-refractivity contribution in [3.63, 3.8) is 0 Å². The summed E-state index contributed by atoms with van der Waals surface area (Å²) in [6.45, 7) is 0.387. The lowest BCUT2D eigenvalue weighted by molar-refractivity contribution is -0.144. The van der Waals surface area contributed by atoms with E-state index in [1.807, 2.05) is 0 Å². The van der Waals surface area contributed by atoms with Gasteiger partial charge in [-0.2, -0.15) is 0 Å². The number of carbonyl (C=O) groups excluding carboxylic acids is 2. The average molecular weight is 516 g/mol. The van der Waals surface area contributed by atoms with Crippen molar-refractivity contribution in [2.75, 3.05) is 6.54 Å². The molecule has 2 atom stereocenters. The van der Waals surface area contributed by atoms with Gasteiger partial charge in [0.2, 0.25) is 21.8 Å². The van der Waals surface area contributed by atoms with Crippen LogP contribution in [0.5, 0.6) is 0 Å². The van der Waals surface area contributed by atoms with E-state index in [1.54, 1.807) is 54.6 Å². The highest BCUT2D eigenvalue weighted by atomic mass is 32.2. The summed E-state index contributed by atoms with van der Waals surface area (Å²) in [5.41, 5.74) is 7.25. The second-order valence-electron chi connectivity index (χ2n) is 8.53. The summed E-state index contributed by atoms with van der Waals surface area (Å²) in [4.78, 5) is 38.7. The second-order valence-corrected chi connectivity index (χ2v) is 10.3. The Morgan fingerprint density at radius 3 is 2.36 bits per heavy atom. The molecule has 1 fully saturated rings. The molecular formula is C24H29N5O6S. The maximum Gasteiger partial charge on any atom is 0.305 e. The topological polar surface area (TPSA) is 183 Å². The van der Waals surface area contributed by atoms with Gasteiger partial charge in [0, 0.05) is 18.7 Å². The molecule has 0 aliphatic carbocycles. The Balaban J connectivity index is 1.67. The molecule has 0 radical (unpaired) electrons. The van der Waals surface area contributed by atoms with E-state index < -0.39 is 52.1 Å². The number of sulfonamides is 1. The van der Waals surface area contributed by atoms with Crippen LogP contribution in [0.2, 0.25) is 0 Å². The summed E-state index contributed by atoms with van der Waals surface area (Å²) >= 11 is 0. The Hall–Kier alpha value is -3.77. The predicted octanol–water partition coefficient (Wildman–Crippen LogP) is 0.541. The number of amidine groups is 1. The summed E-state index contributed by atoms with van der Waals surface area (Å²) in [5, 5.41) is 19.5. The zero-order chi connectivity index (χ0) is 26.3. The third-order valence-corrected chi connectivity index (χ3v) is 7.13. The van der Waals surface area contributed by atoms with Crippen molar-refractivity contribution in [2.45, 2.75) is 43.6 Å². The molecule has 12 heteroatoms. The van der Waals surface area contributed by atoms with Gasteiger partial charge in [-0.15, -0.1) is 0 Å². The third-order valence-electron chi connectivity index (χ3n) is 5.77. The van der Waals surface area contributed by atoms with Crippen molar-refractivity contribution in [1.29, 1.82) is 5.41 Å². The van der Waals surface area contributed by atoms with Crippen LogP contribution in [0.4, 0.5) is 0 Å². The van der Waals surface area contributed by atoms with Gasteiger partial charge >= 0.3 is 5.97 Å². The van der Waals surface area contributed by atoms with Crippen molar-refractivity contribution in [1.82, 2.24) is 14.9 Å².